The van der Waals surface area contributed by atoms with E-state index in [0.717, 1.165) is 46.6 Å². The van der Waals surface area contributed by atoms with Gasteiger partial charge in [-0.2, -0.15) is 0 Å². The Kier molecular flexibility index (Phi) is 7.67. The number of allylic oxidation sites excluding steroid dienone is 5. The van der Waals surface area contributed by atoms with Gasteiger partial charge in [-0.3, -0.25) is 9.56 Å². The molecule has 59 heavy (non-hydrogen) atoms. The van der Waals surface area contributed by atoms with Crippen molar-refractivity contribution in [3.8, 4) is 33.9 Å². The lowest BCUT2D eigenvalue weighted by atomic mass is 9.63. The molecule has 2 aromatic heterocycles. The number of benzene rings is 7. The average Bonchev–Trinajstić information content (AvgIpc) is 3.96. The van der Waals surface area contributed by atoms with Crippen molar-refractivity contribution in [1.82, 2.24) is 14.1 Å². The Bertz CT molecular complexity index is 3200. The van der Waals surface area contributed by atoms with E-state index in [9.17, 15) is 0 Å². The highest BCUT2D eigenvalue weighted by molar-refractivity contribution is 6.10. The van der Waals surface area contributed by atoms with Crippen molar-refractivity contribution in [3.63, 3.8) is 0 Å². The third-order valence-corrected chi connectivity index (χ3v) is 12.9. The minimum atomic E-state index is -0.338. The topological polar surface area (TPSA) is 35.1 Å². The number of rotatable bonds is 6. The molecule has 0 saturated carbocycles. The van der Waals surface area contributed by atoms with Crippen molar-refractivity contribution < 1.29 is 0 Å². The van der Waals surface area contributed by atoms with Gasteiger partial charge in [-0.05, 0) is 107 Å². The summed E-state index contributed by atoms with van der Waals surface area (Å²) < 4.78 is 4.72. The van der Waals surface area contributed by atoms with Crippen LogP contribution < -0.4 is 0 Å². The molecule has 9 aromatic rings. The number of dihydropyridines is 1. The Morgan fingerprint density at radius 2 is 1.24 bits per heavy atom. The van der Waals surface area contributed by atoms with E-state index in [4.69, 9.17) is 9.98 Å². The molecule has 7 aromatic carbocycles. The molecular weight excluding hydrogens is 717 g/mol. The molecule has 0 bridgehead atoms. The van der Waals surface area contributed by atoms with E-state index >= 15 is 0 Å². The van der Waals surface area contributed by atoms with Gasteiger partial charge in [-0.15, -0.1) is 0 Å². The van der Waals surface area contributed by atoms with Crippen molar-refractivity contribution >= 4 is 39.1 Å². The first kappa shape index (κ1) is 33.8. The molecule has 0 spiro atoms. The molecule has 4 nitrogen and oxygen atoms in total. The third kappa shape index (κ3) is 5.09. The molecule has 12 rings (SSSR count). The van der Waals surface area contributed by atoms with Crippen LogP contribution in [0.25, 0.3) is 66.7 Å². The van der Waals surface area contributed by atoms with Gasteiger partial charge >= 0.3 is 0 Å². The first-order valence-corrected chi connectivity index (χ1v) is 20.7. The fourth-order valence-electron chi connectivity index (χ4n) is 10.4. The van der Waals surface area contributed by atoms with Crippen molar-refractivity contribution in [2.75, 3.05) is 0 Å². The molecular formula is C55H40N4. The predicted molar refractivity (Wildman–Crippen MR) is 244 cm³/mol. The van der Waals surface area contributed by atoms with E-state index in [0.29, 0.717) is 0 Å². The van der Waals surface area contributed by atoms with Gasteiger partial charge in [0.25, 0.3) is 0 Å². The van der Waals surface area contributed by atoms with E-state index in [1.165, 1.54) is 55.2 Å². The summed E-state index contributed by atoms with van der Waals surface area (Å²) in [5, 5.41) is 2.53. The van der Waals surface area contributed by atoms with Gasteiger partial charge in [-0.25, -0.2) is 4.98 Å². The fourth-order valence-corrected chi connectivity index (χ4v) is 10.4. The Hall–Kier alpha value is -7.30. The zero-order valence-corrected chi connectivity index (χ0v) is 32.5. The van der Waals surface area contributed by atoms with Crippen LogP contribution >= 0.6 is 0 Å². The Balaban J connectivity index is 0.973. The monoisotopic (exact) mass is 756 g/mol. The van der Waals surface area contributed by atoms with Crippen molar-refractivity contribution in [2.24, 2.45) is 10.9 Å². The van der Waals surface area contributed by atoms with Crippen LogP contribution in [0.1, 0.15) is 35.6 Å². The average molecular weight is 757 g/mol. The molecule has 0 saturated heterocycles. The maximum absolute atomic E-state index is 5.24. The first-order chi connectivity index (χ1) is 29.3. The maximum Gasteiger partial charge on any atom is 0.145 e. The lowest BCUT2D eigenvalue weighted by Crippen LogP contribution is -2.36. The summed E-state index contributed by atoms with van der Waals surface area (Å²) in [7, 11) is 0. The van der Waals surface area contributed by atoms with Crippen LogP contribution in [-0.2, 0) is 5.41 Å². The van der Waals surface area contributed by atoms with Gasteiger partial charge < -0.3 is 4.57 Å². The first-order valence-electron chi connectivity index (χ1n) is 20.7. The second-order valence-electron chi connectivity index (χ2n) is 16.0. The highest BCUT2D eigenvalue weighted by Crippen LogP contribution is 2.61. The van der Waals surface area contributed by atoms with Crippen LogP contribution in [-0.4, -0.2) is 20.3 Å². The summed E-state index contributed by atoms with van der Waals surface area (Å²) in [4.78, 5) is 10.3. The fraction of sp³-hybridized carbons (Fsp3) is 0.0909. The lowest BCUT2D eigenvalue weighted by Gasteiger charge is -2.40. The van der Waals surface area contributed by atoms with Crippen LogP contribution in [0.5, 0.6) is 0 Å². The Morgan fingerprint density at radius 3 is 1.98 bits per heavy atom. The van der Waals surface area contributed by atoms with E-state index < -0.39 is 0 Å². The van der Waals surface area contributed by atoms with Crippen LogP contribution in [0.4, 0.5) is 0 Å². The van der Waals surface area contributed by atoms with E-state index in [-0.39, 0.29) is 17.4 Å². The van der Waals surface area contributed by atoms with E-state index in [2.05, 4.69) is 203 Å². The van der Waals surface area contributed by atoms with Gasteiger partial charge in [0, 0.05) is 39.8 Å². The minimum absolute atomic E-state index is 0.0247. The molecule has 3 atom stereocenters. The van der Waals surface area contributed by atoms with Crippen molar-refractivity contribution in [3.05, 3.63) is 223 Å². The minimum Gasteiger partial charge on any atom is -0.309 e. The van der Waals surface area contributed by atoms with Crippen molar-refractivity contribution in [1.29, 1.82) is 0 Å². The second kappa shape index (κ2) is 13.4. The predicted octanol–water partition coefficient (Wildman–Crippen LogP) is 13.3. The molecule has 280 valence electrons. The number of para-hydroxylation sites is 3. The summed E-state index contributed by atoms with van der Waals surface area (Å²) in [5.41, 5.74) is 15.2. The number of aromatic nitrogens is 3. The summed E-state index contributed by atoms with van der Waals surface area (Å²) in [6.07, 6.45) is 15.9. The quantitative estimate of drug-likeness (QED) is 0.166. The zero-order valence-electron chi connectivity index (χ0n) is 32.5. The second-order valence-corrected chi connectivity index (χ2v) is 16.0. The molecule has 3 aliphatic rings. The summed E-state index contributed by atoms with van der Waals surface area (Å²) in [6.45, 7) is 0. The van der Waals surface area contributed by atoms with E-state index in [1.54, 1.807) is 0 Å². The summed E-state index contributed by atoms with van der Waals surface area (Å²) in [6, 6.07) is 61.8. The smallest absolute Gasteiger partial charge is 0.145 e. The molecule has 0 N–H and O–H groups in total. The highest BCUT2D eigenvalue weighted by Gasteiger charge is 2.54. The lowest BCUT2D eigenvalue weighted by molar-refractivity contribution is 0.425. The van der Waals surface area contributed by atoms with Gasteiger partial charge in [0.1, 0.15) is 5.82 Å². The van der Waals surface area contributed by atoms with Crippen LogP contribution in [0.15, 0.2) is 211 Å². The van der Waals surface area contributed by atoms with E-state index in [1.807, 2.05) is 12.3 Å². The number of nitrogens with zero attached hydrogens (tertiary/aromatic N) is 4. The molecule has 0 fully saturated rings. The van der Waals surface area contributed by atoms with Crippen LogP contribution in [0.3, 0.4) is 0 Å². The Labute approximate surface area is 343 Å². The number of hydrogen-bond acceptors (Lipinski definition) is 2. The largest absolute Gasteiger partial charge is 0.309 e. The summed E-state index contributed by atoms with van der Waals surface area (Å²) >= 11 is 0. The molecule has 1 aliphatic heterocycles. The van der Waals surface area contributed by atoms with Crippen LogP contribution in [0.2, 0.25) is 0 Å². The number of aliphatic imine (C=N–C) groups is 1. The van der Waals surface area contributed by atoms with Crippen molar-refractivity contribution in [2.45, 2.75) is 24.3 Å². The molecule has 0 amide bonds. The highest BCUT2D eigenvalue weighted by atomic mass is 15.1. The third-order valence-electron chi connectivity index (χ3n) is 12.9. The molecule has 4 heteroatoms. The maximum atomic E-state index is 5.24. The SMILES string of the molecule is C1=CC2C(N=C1)c1cc3c(cc1C2(C1=CCCC=C1)c1ccccc1)c1ccccc1n3-c1ccc(-c2ccc(-n3c(-c4ccccc4)nc4ccccc43)cc2)cc1. The number of fused-ring (bicyclic) bond motifs is 7. The standard InChI is InChI=1S/C55H40N4/c1-4-15-39(16-5-1)54-57-49-23-11-13-25-51(49)59(54)43-32-28-38(29-33-43)37-26-30-42(31-27-37)58-50-24-12-10-21-44(50)45-35-48-46(36-52(45)58)53-47(22-14-34-56-53)55(48,40-17-6-2-7-18-40)41-19-8-3-9-20-41/h1-2,4-8,10-36,47,53H,3,9H2. The molecule has 3 unspecified atom stereocenters. The summed E-state index contributed by atoms with van der Waals surface area (Å²) in [5.74, 6) is 1.12. The van der Waals surface area contributed by atoms with Gasteiger partial charge in [0.2, 0.25) is 0 Å². The van der Waals surface area contributed by atoms with Gasteiger partial charge in [-0.1, -0.05) is 140 Å². The Morgan fingerprint density at radius 1 is 0.559 bits per heavy atom. The molecule has 2 aliphatic carbocycles. The zero-order chi connectivity index (χ0) is 38.9. The molecule has 0 radical (unpaired) electrons. The van der Waals surface area contributed by atoms with Gasteiger partial charge in [0.15, 0.2) is 0 Å². The van der Waals surface area contributed by atoms with Crippen LogP contribution in [0, 0.1) is 5.92 Å². The number of hydrogen-bond donors (Lipinski definition) is 0. The molecule has 3 heterocycles. The van der Waals surface area contributed by atoms with Gasteiger partial charge in [0.05, 0.1) is 33.5 Å². The normalized spacial score (nSPS) is 19.4. The number of imidazole rings is 1.